The first-order chi connectivity index (χ1) is 7.19. The first kappa shape index (κ1) is 10.6. The number of nitriles is 1. The molecule has 0 saturated carbocycles. The van der Waals surface area contributed by atoms with Crippen molar-refractivity contribution in [2.45, 2.75) is 0 Å². The second-order valence-corrected chi connectivity index (χ2v) is 2.59. The van der Waals surface area contributed by atoms with Crippen molar-refractivity contribution in [3.8, 4) is 23.7 Å². The van der Waals surface area contributed by atoms with Gasteiger partial charge in [-0.05, 0) is 24.1 Å². The lowest BCUT2D eigenvalue weighted by atomic mass is 10.1. The van der Waals surface area contributed by atoms with Crippen LogP contribution in [0.25, 0.3) is 0 Å². The van der Waals surface area contributed by atoms with E-state index >= 15 is 0 Å². The van der Waals surface area contributed by atoms with Gasteiger partial charge in [-0.25, -0.2) is 4.79 Å². The number of carbonyl (C=O) groups is 1. The Kier molecular flexibility index (Phi) is 3.32. The monoisotopic (exact) mass is 201 g/mol. The highest BCUT2D eigenvalue weighted by molar-refractivity contribution is 5.90. The number of nitrogens with zero attached hydrogens (tertiary/aromatic N) is 1. The van der Waals surface area contributed by atoms with Crippen LogP contribution in [0.5, 0.6) is 5.75 Å². The molecule has 74 valence electrons. The van der Waals surface area contributed by atoms with Gasteiger partial charge in [-0.2, -0.15) is 5.26 Å². The predicted octanol–water partition coefficient (Wildman–Crippen LogP) is 1.05. The van der Waals surface area contributed by atoms with E-state index in [1.54, 1.807) is 6.07 Å². The molecule has 15 heavy (non-hydrogen) atoms. The van der Waals surface area contributed by atoms with Crippen LogP contribution < -0.4 is 0 Å². The number of phenols is 1. The standard InChI is InChI=1S/C11H7NO3/c1-15-11(14)9-4-5-10(13)8(7-9)3-2-6-12/h4-5,7,13H,1H3. The third-order valence-electron chi connectivity index (χ3n) is 1.67. The summed E-state index contributed by atoms with van der Waals surface area (Å²) >= 11 is 0. The van der Waals surface area contributed by atoms with Crippen molar-refractivity contribution < 1.29 is 14.6 Å². The number of ether oxygens (including phenoxy) is 1. The number of esters is 1. The molecule has 0 amide bonds. The number of aromatic hydroxyl groups is 1. The average molecular weight is 201 g/mol. The van der Waals surface area contributed by atoms with Crippen LogP contribution in [-0.4, -0.2) is 18.2 Å². The number of hydrogen-bond acceptors (Lipinski definition) is 4. The van der Waals surface area contributed by atoms with E-state index in [4.69, 9.17) is 5.26 Å². The molecule has 0 saturated heterocycles. The number of carbonyl (C=O) groups excluding carboxylic acids is 1. The number of benzene rings is 1. The summed E-state index contributed by atoms with van der Waals surface area (Å²) in [5.41, 5.74) is 0.497. The third-order valence-corrected chi connectivity index (χ3v) is 1.67. The van der Waals surface area contributed by atoms with Gasteiger partial charge in [-0.15, -0.1) is 0 Å². The van der Waals surface area contributed by atoms with Gasteiger partial charge in [0.25, 0.3) is 0 Å². The zero-order chi connectivity index (χ0) is 11.3. The Labute approximate surface area is 86.7 Å². The fraction of sp³-hybridized carbons (Fsp3) is 0.0909. The lowest BCUT2D eigenvalue weighted by molar-refractivity contribution is 0.0600. The van der Waals surface area contributed by atoms with Crippen molar-refractivity contribution in [3.05, 3.63) is 29.3 Å². The number of hydrogen-bond donors (Lipinski definition) is 1. The number of rotatable bonds is 1. The molecule has 1 aromatic rings. The van der Waals surface area contributed by atoms with E-state index in [1.807, 2.05) is 0 Å². The average Bonchev–Trinajstić information content (AvgIpc) is 2.27. The first-order valence-electron chi connectivity index (χ1n) is 4.00. The molecule has 1 aromatic carbocycles. The van der Waals surface area contributed by atoms with Crippen molar-refractivity contribution in [1.29, 1.82) is 5.26 Å². The van der Waals surface area contributed by atoms with Crippen molar-refractivity contribution in [2.24, 2.45) is 0 Å². The molecule has 0 radical (unpaired) electrons. The summed E-state index contributed by atoms with van der Waals surface area (Å²) in [6.45, 7) is 0. The number of phenolic OH excluding ortho intramolecular Hbond substituents is 1. The van der Waals surface area contributed by atoms with Gasteiger partial charge in [0, 0.05) is 5.92 Å². The molecule has 0 aromatic heterocycles. The summed E-state index contributed by atoms with van der Waals surface area (Å²) in [7, 11) is 1.26. The fourth-order valence-electron chi connectivity index (χ4n) is 0.976. The minimum Gasteiger partial charge on any atom is -0.507 e. The van der Waals surface area contributed by atoms with Gasteiger partial charge in [-0.1, -0.05) is 0 Å². The summed E-state index contributed by atoms with van der Waals surface area (Å²) in [6, 6.07) is 5.73. The van der Waals surface area contributed by atoms with Crippen LogP contribution in [0.3, 0.4) is 0 Å². The molecular weight excluding hydrogens is 194 g/mol. The molecule has 0 bridgehead atoms. The van der Waals surface area contributed by atoms with E-state index in [-0.39, 0.29) is 16.9 Å². The highest BCUT2D eigenvalue weighted by atomic mass is 16.5. The zero-order valence-corrected chi connectivity index (χ0v) is 7.94. The topological polar surface area (TPSA) is 70.3 Å². The normalized spacial score (nSPS) is 8.27. The molecule has 0 fully saturated rings. The van der Waals surface area contributed by atoms with Gasteiger partial charge in [0.1, 0.15) is 5.75 Å². The Bertz CT molecular complexity index is 489. The van der Waals surface area contributed by atoms with E-state index < -0.39 is 5.97 Å². The van der Waals surface area contributed by atoms with Crippen molar-refractivity contribution in [2.75, 3.05) is 7.11 Å². The quantitative estimate of drug-likeness (QED) is 0.544. The minimum absolute atomic E-state index is 0.0783. The Morgan fingerprint density at radius 1 is 1.53 bits per heavy atom. The van der Waals surface area contributed by atoms with Crippen LogP contribution >= 0.6 is 0 Å². The van der Waals surface area contributed by atoms with E-state index in [2.05, 4.69) is 16.6 Å². The molecule has 0 aliphatic rings. The molecular formula is C11H7NO3. The van der Waals surface area contributed by atoms with Crippen LogP contribution in [-0.2, 0) is 4.74 Å². The summed E-state index contributed by atoms with van der Waals surface area (Å²) in [6.07, 6.45) is 0. The summed E-state index contributed by atoms with van der Waals surface area (Å²) < 4.78 is 4.50. The molecule has 0 spiro atoms. The van der Waals surface area contributed by atoms with Crippen LogP contribution in [0, 0.1) is 23.2 Å². The largest absolute Gasteiger partial charge is 0.507 e. The Balaban J connectivity index is 3.18. The highest BCUT2D eigenvalue weighted by Crippen LogP contribution is 2.17. The lowest BCUT2D eigenvalue weighted by Crippen LogP contribution is -2.01. The molecule has 1 rings (SSSR count). The predicted molar refractivity (Wildman–Crippen MR) is 51.9 cm³/mol. The molecule has 0 aliphatic heterocycles. The molecule has 0 unspecified atom stereocenters. The second kappa shape index (κ2) is 4.69. The van der Waals surface area contributed by atoms with Gasteiger partial charge in [0.05, 0.1) is 18.2 Å². The van der Waals surface area contributed by atoms with Crippen molar-refractivity contribution in [3.63, 3.8) is 0 Å². The third kappa shape index (κ3) is 2.49. The maximum atomic E-state index is 11.1. The van der Waals surface area contributed by atoms with Crippen molar-refractivity contribution in [1.82, 2.24) is 0 Å². The molecule has 0 aliphatic carbocycles. The SMILES string of the molecule is COC(=O)c1ccc(O)c(C#CC#N)c1. The summed E-state index contributed by atoms with van der Waals surface area (Å²) in [5.74, 6) is 3.95. The molecule has 0 atom stereocenters. The molecule has 4 heteroatoms. The number of methoxy groups -OCH3 is 1. The fourth-order valence-corrected chi connectivity index (χ4v) is 0.976. The highest BCUT2D eigenvalue weighted by Gasteiger charge is 2.07. The lowest BCUT2D eigenvalue weighted by Gasteiger charge is -2.01. The van der Waals surface area contributed by atoms with Gasteiger partial charge >= 0.3 is 5.97 Å². The van der Waals surface area contributed by atoms with Crippen molar-refractivity contribution >= 4 is 5.97 Å². The Morgan fingerprint density at radius 2 is 2.27 bits per heavy atom. The summed E-state index contributed by atoms with van der Waals surface area (Å²) in [5, 5.41) is 17.6. The van der Waals surface area contributed by atoms with Gasteiger partial charge in [0.15, 0.2) is 6.07 Å². The van der Waals surface area contributed by atoms with Crippen LogP contribution in [0.15, 0.2) is 18.2 Å². The van der Waals surface area contributed by atoms with Gasteiger partial charge in [-0.3, -0.25) is 0 Å². The van der Waals surface area contributed by atoms with E-state index in [1.165, 1.54) is 25.3 Å². The Morgan fingerprint density at radius 3 is 2.87 bits per heavy atom. The van der Waals surface area contributed by atoms with Gasteiger partial charge in [0.2, 0.25) is 0 Å². The maximum absolute atomic E-state index is 11.1. The molecule has 4 nitrogen and oxygen atoms in total. The maximum Gasteiger partial charge on any atom is 0.337 e. The smallest absolute Gasteiger partial charge is 0.337 e. The van der Waals surface area contributed by atoms with Crippen LogP contribution in [0.2, 0.25) is 0 Å². The minimum atomic E-state index is -0.519. The van der Waals surface area contributed by atoms with E-state index in [0.29, 0.717) is 0 Å². The second-order valence-electron chi connectivity index (χ2n) is 2.59. The van der Waals surface area contributed by atoms with Crippen LogP contribution in [0.4, 0.5) is 0 Å². The van der Waals surface area contributed by atoms with E-state index in [0.717, 1.165) is 0 Å². The van der Waals surface area contributed by atoms with Crippen LogP contribution in [0.1, 0.15) is 15.9 Å². The summed E-state index contributed by atoms with van der Waals surface area (Å²) in [4.78, 5) is 11.1. The zero-order valence-electron chi connectivity index (χ0n) is 7.94. The molecule has 1 N–H and O–H groups in total. The first-order valence-corrected chi connectivity index (χ1v) is 4.00. The van der Waals surface area contributed by atoms with Gasteiger partial charge < -0.3 is 9.84 Å². The molecule has 0 heterocycles. The Hall–Kier alpha value is -2.46. The van der Waals surface area contributed by atoms with E-state index in [9.17, 15) is 9.90 Å².